The topological polar surface area (TPSA) is 64.9 Å². The maximum atomic E-state index is 5.37. The molecule has 0 atom stereocenters. The summed E-state index contributed by atoms with van der Waals surface area (Å²) in [5.41, 5.74) is 2.83. The fraction of sp³-hybridized carbons (Fsp3) is 0.174. The molecule has 0 unspecified atom stereocenters. The van der Waals surface area contributed by atoms with Crippen LogP contribution in [0.25, 0.3) is 22.6 Å². The number of hydrogen-bond acceptors (Lipinski definition) is 5. The van der Waals surface area contributed by atoms with E-state index < -0.39 is 0 Å². The molecule has 2 aromatic heterocycles. The molecule has 2 heterocycles. The lowest BCUT2D eigenvalue weighted by Gasteiger charge is -2.11. The standard InChI is InChI=1S/C23H23N5O/c1-29-20-10-5-9-19(15-20)21-16-22(25-11-6-13-28-14-12-24-17-28)27-23(26-21)18-7-3-2-4-8-18/h2-5,7-10,12,14-17H,6,11,13H2,1H3,(H,25,26,27). The number of ether oxygens (including phenoxy) is 1. The highest BCUT2D eigenvalue weighted by atomic mass is 16.5. The summed E-state index contributed by atoms with van der Waals surface area (Å²) in [6.45, 7) is 1.72. The number of nitrogens with one attached hydrogen (secondary N) is 1. The lowest BCUT2D eigenvalue weighted by molar-refractivity contribution is 0.415. The van der Waals surface area contributed by atoms with E-state index in [-0.39, 0.29) is 0 Å². The number of benzene rings is 2. The largest absolute Gasteiger partial charge is 0.497 e. The highest BCUT2D eigenvalue weighted by Crippen LogP contribution is 2.26. The second kappa shape index (κ2) is 9.01. The second-order valence-corrected chi connectivity index (χ2v) is 6.64. The number of anilines is 1. The first kappa shape index (κ1) is 18.7. The molecule has 0 aliphatic heterocycles. The van der Waals surface area contributed by atoms with Gasteiger partial charge in [-0.3, -0.25) is 0 Å². The lowest BCUT2D eigenvalue weighted by Crippen LogP contribution is -2.08. The molecule has 1 N–H and O–H groups in total. The third-order valence-corrected chi connectivity index (χ3v) is 4.58. The van der Waals surface area contributed by atoms with Gasteiger partial charge in [0.25, 0.3) is 0 Å². The molecule has 0 fully saturated rings. The van der Waals surface area contributed by atoms with E-state index >= 15 is 0 Å². The van der Waals surface area contributed by atoms with Gasteiger partial charge in [0.2, 0.25) is 0 Å². The van der Waals surface area contributed by atoms with Gasteiger partial charge in [0, 0.05) is 42.7 Å². The predicted octanol–water partition coefficient (Wildman–Crippen LogP) is 4.52. The van der Waals surface area contributed by atoms with Crippen LogP contribution in [0.1, 0.15) is 6.42 Å². The Kier molecular flexibility index (Phi) is 5.81. The first-order valence-electron chi connectivity index (χ1n) is 9.60. The van der Waals surface area contributed by atoms with Crippen LogP contribution in [0.15, 0.2) is 79.4 Å². The van der Waals surface area contributed by atoms with Gasteiger partial charge in [-0.15, -0.1) is 0 Å². The van der Waals surface area contributed by atoms with Crippen molar-refractivity contribution in [3.63, 3.8) is 0 Å². The predicted molar refractivity (Wildman–Crippen MR) is 115 cm³/mol. The van der Waals surface area contributed by atoms with Gasteiger partial charge in [-0.1, -0.05) is 42.5 Å². The van der Waals surface area contributed by atoms with E-state index in [2.05, 4.69) is 14.9 Å². The van der Waals surface area contributed by atoms with Crippen LogP contribution in [0, 0.1) is 0 Å². The first-order chi connectivity index (χ1) is 14.3. The van der Waals surface area contributed by atoms with Crippen molar-refractivity contribution in [2.75, 3.05) is 19.0 Å². The van der Waals surface area contributed by atoms with Crippen molar-refractivity contribution in [3.05, 3.63) is 79.4 Å². The average Bonchev–Trinajstić information content (AvgIpc) is 3.31. The molecule has 0 saturated heterocycles. The molecule has 0 saturated carbocycles. The van der Waals surface area contributed by atoms with Crippen LogP contribution in [-0.4, -0.2) is 33.2 Å². The number of aryl methyl sites for hydroxylation is 1. The van der Waals surface area contributed by atoms with Gasteiger partial charge in [-0.2, -0.15) is 0 Å². The Morgan fingerprint density at radius 2 is 1.83 bits per heavy atom. The van der Waals surface area contributed by atoms with Crippen LogP contribution in [0.3, 0.4) is 0 Å². The van der Waals surface area contributed by atoms with Crippen molar-refractivity contribution in [2.24, 2.45) is 0 Å². The molecular formula is C23H23N5O. The van der Waals surface area contributed by atoms with Crippen molar-refractivity contribution in [1.82, 2.24) is 19.5 Å². The van der Waals surface area contributed by atoms with Gasteiger partial charge < -0.3 is 14.6 Å². The Balaban J connectivity index is 1.59. The molecule has 29 heavy (non-hydrogen) atoms. The first-order valence-corrected chi connectivity index (χ1v) is 9.60. The van der Waals surface area contributed by atoms with Crippen LogP contribution in [0.4, 0.5) is 5.82 Å². The third-order valence-electron chi connectivity index (χ3n) is 4.58. The summed E-state index contributed by atoms with van der Waals surface area (Å²) in [6.07, 6.45) is 6.57. The van der Waals surface area contributed by atoms with Crippen LogP contribution in [-0.2, 0) is 6.54 Å². The van der Waals surface area contributed by atoms with E-state index in [1.165, 1.54) is 0 Å². The molecule has 6 heteroatoms. The van der Waals surface area contributed by atoms with E-state index in [0.717, 1.165) is 47.9 Å². The highest BCUT2D eigenvalue weighted by molar-refractivity contribution is 5.68. The molecule has 146 valence electrons. The molecule has 0 spiro atoms. The smallest absolute Gasteiger partial charge is 0.162 e. The number of hydrogen-bond donors (Lipinski definition) is 1. The number of rotatable bonds is 8. The van der Waals surface area contributed by atoms with Gasteiger partial charge in [0.05, 0.1) is 19.1 Å². The normalized spacial score (nSPS) is 10.7. The highest BCUT2D eigenvalue weighted by Gasteiger charge is 2.09. The molecule has 0 bridgehead atoms. The van der Waals surface area contributed by atoms with E-state index in [4.69, 9.17) is 14.7 Å². The minimum absolute atomic E-state index is 0.697. The lowest BCUT2D eigenvalue weighted by atomic mass is 10.1. The third kappa shape index (κ3) is 4.79. The molecule has 4 aromatic rings. The molecule has 6 nitrogen and oxygen atoms in total. The summed E-state index contributed by atoms with van der Waals surface area (Å²) in [6, 6.07) is 19.9. The fourth-order valence-electron chi connectivity index (χ4n) is 3.08. The summed E-state index contributed by atoms with van der Waals surface area (Å²) < 4.78 is 7.44. The Morgan fingerprint density at radius 1 is 0.966 bits per heavy atom. The van der Waals surface area contributed by atoms with Crippen molar-refractivity contribution < 1.29 is 4.74 Å². The Hall–Kier alpha value is -3.67. The number of imidazole rings is 1. The quantitative estimate of drug-likeness (QED) is 0.452. The number of aromatic nitrogens is 4. The molecule has 0 amide bonds. The van der Waals surface area contributed by atoms with Gasteiger partial charge >= 0.3 is 0 Å². The van der Waals surface area contributed by atoms with Gasteiger partial charge in [-0.25, -0.2) is 15.0 Å². The summed E-state index contributed by atoms with van der Waals surface area (Å²) in [5.74, 6) is 2.31. The zero-order valence-electron chi connectivity index (χ0n) is 16.3. The molecule has 0 aliphatic carbocycles. The average molecular weight is 385 g/mol. The maximum Gasteiger partial charge on any atom is 0.162 e. The van der Waals surface area contributed by atoms with E-state index in [1.54, 1.807) is 13.3 Å². The molecule has 0 radical (unpaired) electrons. The molecule has 2 aromatic carbocycles. The van der Waals surface area contributed by atoms with E-state index in [1.807, 2.05) is 73.2 Å². The fourth-order valence-corrected chi connectivity index (χ4v) is 3.08. The Morgan fingerprint density at radius 3 is 2.62 bits per heavy atom. The van der Waals surface area contributed by atoms with Crippen LogP contribution in [0.5, 0.6) is 5.75 Å². The summed E-state index contributed by atoms with van der Waals surface area (Å²) in [7, 11) is 1.67. The summed E-state index contributed by atoms with van der Waals surface area (Å²) >= 11 is 0. The monoisotopic (exact) mass is 385 g/mol. The van der Waals surface area contributed by atoms with Gasteiger partial charge in [0.15, 0.2) is 5.82 Å². The molecular weight excluding hydrogens is 362 g/mol. The van der Waals surface area contributed by atoms with Crippen molar-refractivity contribution in [2.45, 2.75) is 13.0 Å². The molecule has 0 aliphatic rings. The Labute approximate surface area is 170 Å². The second-order valence-electron chi connectivity index (χ2n) is 6.64. The maximum absolute atomic E-state index is 5.37. The minimum atomic E-state index is 0.697. The minimum Gasteiger partial charge on any atom is -0.497 e. The van der Waals surface area contributed by atoms with Gasteiger partial charge in [-0.05, 0) is 18.6 Å². The van der Waals surface area contributed by atoms with Crippen molar-refractivity contribution >= 4 is 5.82 Å². The van der Waals surface area contributed by atoms with Crippen molar-refractivity contribution in [1.29, 1.82) is 0 Å². The zero-order valence-corrected chi connectivity index (χ0v) is 16.3. The van der Waals surface area contributed by atoms with E-state index in [0.29, 0.717) is 5.82 Å². The summed E-state index contributed by atoms with van der Waals surface area (Å²) in [4.78, 5) is 13.6. The van der Waals surface area contributed by atoms with Crippen LogP contribution >= 0.6 is 0 Å². The summed E-state index contributed by atoms with van der Waals surface area (Å²) in [5, 5.41) is 3.44. The number of methoxy groups -OCH3 is 1. The Bertz CT molecular complexity index is 1050. The van der Waals surface area contributed by atoms with E-state index in [9.17, 15) is 0 Å². The van der Waals surface area contributed by atoms with Gasteiger partial charge in [0.1, 0.15) is 11.6 Å². The van der Waals surface area contributed by atoms with Crippen molar-refractivity contribution in [3.8, 4) is 28.4 Å². The molecule has 4 rings (SSSR count). The van der Waals surface area contributed by atoms with Crippen LogP contribution < -0.4 is 10.1 Å². The number of nitrogens with zero attached hydrogens (tertiary/aromatic N) is 4. The zero-order chi connectivity index (χ0) is 19.9. The van der Waals surface area contributed by atoms with Crippen LogP contribution in [0.2, 0.25) is 0 Å². The SMILES string of the molecule is COc1cccc(-c2cc(NCCCn3ccnc3)nc(-c3ccccc3)n2)c1.